The smallest absolute Gasteiger partial charge is 0.338 e. The second kappa shape index (κ2) is 16.8. The summed E-state index contributed by atoms with van der Waals surface area (Å²) < 4.78 is 31.2. The largest absolute Gasteiger partial charge is 0.473 e. The lowest BCUT2D eigenvalue weighted by Gasteiger charge is -2.10. The van der Waals surface area contributed by atoms with Gasteiger partial charge in [-0.3, -0.25) is 0 Å². The summed E-state index contributed by atoms with van der Waals surface area (Å²) in [6, 6.07) is 13.8. The SMILES string of the molecule is C=C(C)OCOCCCOC(=O)c1ccc(Nc2ccc(C(=O)OCCCOCOC(=C)C)cc2)cc1. The summed E-state index contributed by atoms with van der Waals surface area (Å²) in [7, 11) is 0. The van der Waals surface area contributed by atoms with Gasteiger partial charge in [0.2, 0.25) is 0 Å². The average Bonchev–Trinajstić information content (AvgIpc) is 2.88. The number of benzene rings is 2. The van der Waals surface area contributed by atoms with Crippen LogP contribution in [0.3, 0.4) is 0 Å². The van der Waals surface area contributed by atoms with E-state index in [9.17, 15) is 9.59 Å². The highest BCUT2D eigenvalue weighted by atomic mass is 16.7. The monoisotopic (exact) mass is 513 g/mol. The Labute approximate surface area is 218 Å². The van der Waals surface area contributed by atoms with Crippen LogP contribution in [0.25, 0.3) is 0 Å². The van der Waals surface area contributed by atoms with Crippen molar-refractivity contribution in [3.63, 3.8) is 0 Å². The van der Waals surface area contributed by atoms with E-state index >= 15 is 0 Å². The van der Waals surface area contributed by atoms with E-state index in [1.54, 1.807) is 62.4 Å². The quantitative estimate of drug-likeness (QED) is 0.119. The molecule has 200 valence electrons. The Bertz CT molecular complexity index is 920. The zero-order chi connectivity index (χ0) is 26.9. The third-order valence-corrected chi connectivity index (χ3v) is 4.64. The Hall–Kier alpha value is -3.82. The molecule has 0 aliphatic heterocycles. The van der Waals surface area contributed by atoms with Gasteiger partial charge in [0.15, 0.2) is 13.6 Å². The minimum atomic E-state index is -0.403. The first-order valence-electron chi connectivity index (χ1n) is 11.9. The van der Waals surface area contributed by atoms with Gasteiger partial charge in [-0.15, -0.1) is 0 Å². The topological polar surface area (TPSA) is 102 Å². The lowest BCUT2D eigenvalue weighted by molar-refractivity contribution is -0.0278. The molecule has 0 bridgehead atoms. The summed E-state index contributed by atoms with van der Waals surface area (Å²) in [5, 5.41) is 3.22. The summed E-state index contributed by atoms with van der Waals surface area (Å²) in [6.45, 7) is 12.3. The van der Waals surface area contributed by atoms with Crippen molar-refractivity contribution in [1.82, 2.24) is 0 Å². The van der Waals surface area contributed by atoms with Gasteiger partial charge in [-0.2, -0.15) is 0 Å². The van der Waals surface area contributed by atoms with E-state index in [2.05, 4.69) is 18.5 Å². The van der Waals surface area contributed by atoms with Crippen molar-refractivity contribution in [2.24, 2.45) is 0 Å². The zero-order valence-corrected chi connectivity index (χ0v) is 21.5. The molecule has 0 radical (unpaired) electrons. The van der Waals surface area contributed by atoms with Gasteiger partial charge in [-0.1, -0.05) is 13.2 Å². The first-order valence-corrected chi connectivity index (χ1v) is 11.9. The van der Waals surface area contributed by atoms with E-state index in [0.29, 0.717) is 48.7 Å². The molecular formula is C28H35NO8. The molecule has 0 aromatic heterocycles. The van der Waals surface area contributed by atoms with Crippen LogP contribution < -0.4 is 5.32 Å². The van der Waals surface area contributed by atoms with Gasteiger partial charge in [-0.05, 0) is 62.4 Å². The molecule has 2 aromatic carbocycles. The highest BCUT2D eigenvalue weighted by Gasteiger charge is 2.09. The van der Waals surface area contributed by atoms with Crippen molar-refractivity contribution in [2.75, 3.05) is 45.3 Å². The second-order valence-electron chi connectivity index (χ2n) is 8.00. The summed E-state index contributed by atoms with van der Waals surface area (Å²) in [4.78, 5) is 24.4. The number of esters is 2. The molecule has 0 fully saturated rings. The van der Waals surface area contributed by atoms with Crippen LogP contribution in [0.5, 0.6) is 0 Å². The Kier molecular flexibility index (Phi) is 13.3. The van der Waals surface area contributed by atoms with Crippen LogP contribution in [-0.2, 0) is 28.4 Å². The number of anilines is 2. The first kappa shape index (κ1) is 29.4. The van der Waals surface area contributed by atoms with Crippen molar-refractivity contribution < 1.29 is 38.0 Å². The summed E-state index contributed by atoms with van der Waals surface area (Å²) in [5.74, 6) is 0.362. The van der Waals surface area contributed by atoms with Crippen LogP contribution >= 0.6 is 0 Å². The highest BCUT2D eigenvalue weighted by Crippen LogP contribution is 2.18. The number of rotatable bonds is 18. The van der Waals surface area contributed by atoms with E-state index in [1.807, 2.05) is 0 Å². The molecule has 9 heteroatoms. The van der Waals surface area contributed by atoms with E-state index < -0.39 is 11.9 Å². The Morgan fingerprint density at radius 2 is 1.00 bits per heavy atom. The third-order valence-electron chi connectivity index (χ3n) is 4.64. The van der Waals surface area contributed by atoms with Crippen molar-refractivity contribution in [1.29, 1.82) is 0 Å². The standard InChI is InChI=1S/C28H35NO8/c1-21(2)36-19-32-15-5-17-34-27(30)23-7-11-25(12-8-23)29-26-13-9-24(10-14-26)28(31)35-18-6-16-33-20-37-22(3)4/h7-14,29H,1,3,5-6,15-20H2,2,4H3. The second-order valence-corrected chi connectivity index (χ2v) is 8.00. The van der Waals surface area contributed by atoms with E-state index in [0.717, 1.165) is 11.4 Å². The molecule has 1 N–H and O–H groups in total. The number of hydrogen-bond acceptors (Lipinski definition) is 9. The maximum atomic E-state index is 12.2. The minimum Gasteiger partial charge on any atom is -0.473 e. The predicted octanol–water partition coefficient (Wildman–Crippen LogP) is 5.57. The molecule has 0 atom stereocenters. The normalized spacial score (nSPS) is 10.3. The van der Waals surface area contributed by atoms with Crippen molar-refractivity contribution in [3.8, 4) is 0 Å². The van der Waals surface area contributed by atoms with Gasteiger partial charge in [-0.25, -0.2) is 9.59 Å². The molecule has 0 spiro atoms. The summed E-state index contributed by atoms with van der Waals surface area (Å²) in [5.41, 5.74) is 2.47. The fourth-order valence-corrected chi connectivity index (χ4v) is 2.77. The number of carbonyl (C=O) groups excluding carboxylic acids is 2. The van der Waals surface area contributed by atoms with Gasteiger partial charge in [0.1, 0.15) is 0 Å². The third kappa shape index (κ3) is 12.6. The summed E-state index contributed by atoms with van der Waals surface area (Å²) >= 11 is 0. The number of hydrogen-bond donors (Lipinski definition) is 1. The molecule has 0 heterocycles. The minimum absolute atomic E-state index is 0.133. The Balaban J connectivity index is 1.67. The van der Waals surface area contributed by atoms with Gasteiger partial charge in [0.05, 0.1) is 49.1 Å². The number of allylic oxidation sites excluding steroid dienone is 2. The molecule has 0 aliphatic rings. The van der Waals surface area contributed by atoms with Crippen LogP contribution in [0.4, 0.5) is 11.4 Å². The molecule has 0 amide bonds. The maximum Gasteiger partial charge on any atom is 0.338 e. The fourth-order valence-electron chi connectivity index (χ4n) is 2.77. The van der Waals surface area contributed by atoms with Crippen molar-refractivity contribution in [3.05, 3.63) is 84.3 Å². The van der Waals surface area contributed by atoms with Gasteiger partial charge >= 0.3 is 11.9 Å². The van der Waals surface area contributed by atoms with Crippen LogP contribution in [-0.4, -0.2) is 52.0 Å². The molecule has 0 aliphatic carbocycles. The fraction of sp³-hybridized carbons (Fsp3) is 0.357. The lowest BCUT2D eigenvalue weighted by atomic mass is 10.2. The molecule has 37 heavy (non-hydrogen) atoms. The molecule has 2 rings (SSSR count). The Morgan fingerprint density at radius 1 is 0.622 bits per heavy atom. The Morgan fingerprint density at radius 3 is 1.35 bits per heavy atom. The van der Waals surface area contributed by atoms with E-state index in [-0.39, 0.29) is 26.8 Å². The van der Waals surface area contributed by atoms with Crippen LogP contribution in [0.1, 0.15) is 47.4 Å². The molecule has 0 unspecified atom stereocenters. The highest BCUT2D eigenvalue weighted by molar-refractivity contribution is 5.90. The van der Waals surface area contributed by atoms with Crippen LogP contribution in [0.2, 0.25) is 0 Å². The molecular weight excluding hydrogens is 478 g/mol. The van der Waals surface area contributed by atoms with Crippen LogP contribution in [0, 0.1) is 0 Å². The molecule has 2 aromatic rings. The van der Waals surface area contributed by atoms with Crippen molar-refractivity contribution >= 4 is 23.3 Å². The zero-order valence-electron chi connectivity index (χ0n) is 21.5. The maximum absolute atomic E-state index is 12.2. The van der Waals surface area contributed by atoms with Crippen LogP contribution in [0.15, 0.2) is 73.2 Å². The van der Waals surface area contributed by atoms with Gasteiger partial charge < -0.3 is 33.7 Å². The molecule has 0 saturated carbocycles. The number of carbonyl (C=O) groups is 2. The number of nitrogens with one attached hydrogen (secondary N) is 1. The first-order chi connectivity index (χ1) is 17.8. The van der Waals surface area contributed by atoms with Crippen molar-refractivity contribution in [2.45, 2.75) is 26.7 Å². The van der Waals surface area contributed by atoms with Gasteiger partial charge in [0, 0.05) is 24.2 Å². The van der Waals surface area contributed by atoms with E-state index in [1.165, 1.54) is 0 Å². The predicted molar refractivity (Wildman–Crippen MR) is 139 cm³/mol. The lowest BCUT2D eigenvalue weighted by Crippen LogP contribution is -2.09. The number of ether oxygens (including phenoxy) is 6. The average molecular weight is 514 g/mol. The van der Waals surface area contributed by atoms with Gasteiger partial charge in [0.25, 0.3) is 0 Å². The van der Waals surface area contributed by atoms with E-state index in [4.69, 9.17) is 28.4 Å². The molecule has 0 saturated heterocycles. The molecule has 9 nitrogen and oxygen atoms in total. The summed E-state index contributed by atoms with van der Waals surface area (Å²) in [6.07, 6.45) is 1.13.